The largest absolute Gasteiger partial charge is 0.472 e. The Balaban J connectivity index is 4.25. The molecular formula is C43H85N2O6P. The van der Waals surface area contributed by atoms with Gasteiger partial charge in [0.2, 0.25) is 5.91 Å². The number of unbranched alkanes of at least 4 members (excludes halogenated alkanes) is 27. The monoisotopic (exact) mass is 757 g/mol. The van der Waals surface area contributed by atoms with Gasteiger partial charge in [-0.2, -0.15) is 0 Å². The van der Waals surface area contributed by atoms with Crippen molar-refractivity contribution in [2.75, 3.05) is 19.8 Å². The van der Waals surface area contributed by atoms with Crippen LogP contribution in [0.3, 0.4) is 0 Å². The van der Waals surface area contributed by atoms with Gasteiger partial charge < -0.3 is 21.1 Å². The number of nitrogens with two attached hydrogens (primary N) is 1. The highest BCUT2D eigenvalue weighted by Gasteiger charge is 2.26. The van der Waals surface area contributed by atoms with Gasteiger partial charge in [0, 0.05) is 13.0 Å². The van der Waals surface area contributed by atoms with Crippen molar-refractivity contribution in [1.82, 2.24) is 5.32 Å². The summed E-state index contributed by atoms with van der Waals surface area (Å²) >= 11 is 0. The van der Waals surface area contributed by atoms with Crippen LogP contribution in [-0.2, 0) is 18.4 Å². The molecule has 0 heterocycles. The lowest BCUT2D eigenvalue weighted by atomic mass is 10.0. The molecule has 0 fully saturated rings. The number of rotatable bonds is 41. The molecule has 0 aliphatic heterocycles. The Hall–Kier alpha value is -1.02. The van der Waals surface area contributed by atoms with Crippen molar-refractivity contribution >= 4 is 13.7 Å². The van der Waals surface area contributed by atoms with Crippen LogP contribution in [-0.4, -0.2) is 47.8 Å². The molecule has 0 saturated heterocycles. The molecule has 1 amide bonds. The summed E-state index contributed by atoms with van der Waals surface area (Å²) in [7, 11) is -4.34. The third-order valence-corrected chi connectivity index (χ3v) is 10.8. The summed E-state index contributed by atoms with van der Waals surface area (Å²) in [6.07, 6.45) is 45.1. The molecule has 0 aromatic heterocycles. The highest BCUT2D eigenvalue weighted by molar-refractivity contribution is 7.47. The van der Waals surface area contributed by atoms with Crippen LogP contribution in [0.1, 0.15) is 213 Å². The average Bonchev–Trinajstić information content (AvgIpc) is 3.13. The Morgan fingerprint density at radius 2 is 1.02 bits per heavy atom. The van der Waals surface area contributed by atoms with E-state index in [-0.39, 0.29) is 25.7 Å². The first-order valence-electron chi connectivity index (χ1n) is 22.0. The standard InChI is InChI=1S/C43H85N2O6P/c1-3-5-7-9-11-13-15-17-19-20-21-23-24-26-28-30-32-34-36-42(46)41(40-51-52(48,49)50-39-38-44)45-43(47)37-35-33-31-29-27-25-22-18-16-14-12-10-8-6-4-2/h26,28,34,36,41-42,46H,3-25,27,29-33,35,37-40,44H2,1-2H3,(H,45,47)(H,48,49)/b28-26+,36-34+. The van der Waals surface area contributed by atoms with E-state index in [2.05, 4.69) is 31.3 Å². The third kappa shape index (κ3) is 37.3. The fourth-order valence-electron chi connectivity index (χ4n) is 6.44. The van der Waals surface area contributed by atoms with E-state index >= 15 is 0 Å². The third-order valence-electron chi connectivity index (χ3n) is 9.78. The zero-order chi connectivity index (χ0) is 38.2. The highest BCUT2D eigenvalue weighted by Crippen LogP contribution is 2.43. The maximum Gasteiger partial charge on any atom is 0.472 e. The second-order valence-electron chi connectivity index (χ2n) is 14.9. The molecule has 0 radical (unpaired) electrons. The lowest BCUT2D eigenvalue weighted by Gasteiger charge is -2.23. The van der Waals surface area contributed by atoms with Crippen LogP contribution >= 0.6 is 7.82 Å². The predicted molar refractivity (Wildman–Crippen MR) is 221 cm³/mol. The number of allylic oxidation sites excluding steroid dienone is 3. The number of phosphoric acid groups is 1. The number of carbonyl (C=O) groups is 1. The Labute approximate surface area is 321 Å². The summed E-state index contributed by atoms with van der Waals surface area (Å²) in [6, 6.07) is -0.872. The molecular weight excluding hydrogens is 671 g/mol. The first kappa shape index (κ1) is 51.0. The SMILES string of the molecule is CCCCCCCCCCCCCC/C=C/CC/C=C/C(O)C(COP(=O)(O)OCCN)NC(=O)CCCCCCCCCCCCCCCCC. The number of aliphatic hydroxyl groups excluding tert-OH is 1. The minimum atomic E-state index is -4.34. The summed E-state index contributed by atoms with van der Waals surface area (Å²) in [5.74, 6) is -0.202. The second kappa shape index (κ2) is 39.7. The lowest BCUT2D eigenvalue weighted by Crippen LogP contribution is -2.45. The van der Waals surface area contributed by atoms with Gasteiger partial charge in [0.1, 0.15) is 0 Å². The summed E-state index contributed by atoms with van der Waals surface area (Å²) < 4.78 is 22.1. The Kier molecular flexibility index (Phi) is 38.9. The van der Waals surface area contributed by atoms with Crippen molar-refractivity contribution in [3.63, 3.8) is 0 Å². The molecule has 3 atom stereocenters. The van der Waals surface area contributed by atoms with Gasteiger partial charge in [0.05, 0.1) is 25.4 Å². The van der Waals surface area contributed by atoms with E-state index in [4.69, 9.17) is 14.8 Å². The van der Waals surface area contributed by atoms with Gasteiger partial charge in [-0.3, -0.25) is 13.8 Å². The molecule has 308 valence electrons. The first-order valence-corrected chi connectivity index (χ1v) is 23.5. The average molecular weight is 757 g/mol. The summed E-state index contributed by atoms with van der Waals surface area (Å²) in [5, 5.41) is 13.7. The maximum absolute atomic E-state index is 12.7. The number of carbonyl (C=O) groups excluding carboxylic acids is 1. The van der Waals surface area contributed by atoms with Crippen molar-refractivity contribution in [1.29, 1.82) is 0 Å². The fraction of sp³-hybridized carbons (Fsp3) is 0.884. The zero-order valence-corrected chi connectivity index (χ0v) is 35.0. The molecule has 0 aliphatic rings. The summed E-state index contributed by atoms with van der Waals surface area (Å²) in [6.45, 7) is 4.13. The van der Waals surface area contributed by atoms with Crippen LogP contribution in [0.15, 0.2) is 24.3 Å². The molecule has 0 aliphatic carbocycles. The molecule has 0 rings (SSSR count). The fourth-order valence-corrected chi connectivity index (χ4v) is 7.20. The van der Waals surface area contributed by atoms with Gasteiger partial charge in [0.25, 0.3) is 0 Å². The number of hydrogen-bond donors (Lipinski definition) is 4. The Bertz CT molecular complexity index is 871. The molecule has 9 heteroatoms. The Morgan fingerprint density at radius 3 is 1.48 bits per heavy atom. The van der Waals surface area contributed by atoms with Crippen LogP contribution in [0.4, 0.5) is 0 Å². The number of nitrogens with one attached hydrogen (secondary N) is 1. The molecule has 5 N–H and O–H groups in total. The second-order valence-corrected chi connectivity index (χ2v) is 16.4. The van der Waals surface area contributed by atoms with Gasteiger partial charge in [0.15, 0.2) is 0 Å². The van der Waals surface area contributed by atoms with Crippen LogP contribution < -0.4 is 11.1 Å². The minimum absolute atomic E-state index is 0.0759. The van der Waals surface area contributed by atoms with Crippen molar-refractivity contribution in [2.45, 2.75) is 225 Å². The van der Waals surface area contributed by atoms with E-state index in [0.717, 1.165) is 38.5 Å². The van der Waals surface area contributed by atoms with E-state index in [9.17, 15) is 19.4 Å². The normalized spacial score (nSPS) is 14.3. The van der Waals surface area contributed by atoms with Gasteiger partial charge >= 0.3 is 7.82 Å². The summed E-state index contributed by atoms with van der Waals surface area (Å²) in [5.41, 5.74) is 5.37. The van der Waals surface area contributed by atoms with E-state index in [0.29, 0.717) is 6.42 Å². The van der Waals surface area contributed by atoms with Crippen molar-refractivity contribution in [3.8, 4) is 0 Å². The Morgan fingerprint density at radius 1 is 0.615 bits per heavy atom. The van der Waals surface area contributed by atoms with Crippen LogP contribution in [0.5, 0.6) is 0 Å². The van der Waals surface area contributed by atoms with Gasteiger partial charge in [-0.25, -0.2) is 4.57 Å². The predicted octanol–water partition coefficient (Wildman–Crippen LogP) is 12.2. The first-order chi connectivity index (χ1) is 25.4. The highest BCUT2D eigenvalue weighted by atomic mass is 31.2. The van der Waals surface area contributed by atoms with E-state index in [1.807, 2.05) is 6.08 Å². The number of amides is 1. The quantitative estimate of drug-likeness (QED) is 0.0277. The molecule has 0 aromatic rings. The smallest absolute Gasteiger partial charge is 0.387 e. The van der Waals surface area contributed by atoms with Crippen molar-refractivity contribution in [2.24, 2.45) is 5.73 Å². The molecule has 0 saturated carbocycles. The van der Waals surface area contributed by atoms with E-state index < -0.39 is 20.0 Å². The topological polar surface area (TPSA) is 131 Å². The van der Waals surface area contributed by atoms with E-state index in [1.54, 1.807) is 6.08 Å². The van der Waals surface area contributed by atoms with E-state index in [1.165, 1.54) is 154 Å². The van der Waals surface area contributed by atoms with Crippen LogP contribution in [0, 0.1) is 0 Å². The van der Waals surface area contributed by atoms with Gasteiger partial charge in [-0.1, -0.05) is 199 Å². The number of phosphoric ester groups is 1. The minimum Gasteiger partial charge on any atom is -0.387 e. The number of hydrogen-bond acceptors (Lipinski definition) is 6. The summed E-state index contributed by atoms with van der Waals surface area (Å²) in [4.78, 5) is 22.7. The maximum atomic E-state index is 12.7. The van der Waals surface area contributed by atoms with Gasteiger partial charge in [-0.05, 0) is 32.1 Å². The molecule has 3 unspecified atom stereocenters. The molecule has 52 heavy (non-hydrogen) atoms. The van der Waals surface area contributed by atoms with Crippen molar-refractivity contribution in [3.05, 3.63) is 24.3 Å². The van der Waals surface area contributed by atoms with Gasteiger partial charge in [-0.15, -0.1) is 0 Å². The molecule has 0 spiro atoms. The zero-order valence-electron chi connectivity index (χ0n) is 34.1. The molecule has 0 aromatic carbocycles. The van der Waals surface area contributed by atoms with Crippen LogP contribution in [0.2, 0.25) is 0 Å². The number of aliphatic hydroxyl groups is 1. The van der Waals surface area contributed by atoms with Crippen molar-refractivity contribution < 1.29 is 28.4 Å². The molecule has 8 nitrogen and oxygen atoms in total. The lowest BCUT2D eigenvalue weighted by molar-refractivity contribution is -0.123. The van der Waals surface area contributed by atoms with Crippen LogP contribution in [0.25, 0.3) is 0 Å². The molecule has 0 bridgehead atoms.